The van der Waals surface area contributed by atoms with Crippen LogP contribution in [-0.2, 0) is 0 Å². The molecule has 0 saturated heterocycles. The van der Waals surface area contributed by atoms with Crippen LogP contribution in [0.4, 0.5) is 5.69 Å². The van der Waals surface area contributed by atoms with E-state index in [1.165, 1.54) is 18.2 Å². The number of anilines is 1. The Morgan fingerprint density at radius 2 is 1.86 bits per heavy atom. The van der Waals surface area contributed by atoms with Gasteiger partial charge in [0.2, 0.25) is 0 Å². The fraction of sp³-hybridized carbons (Fsp3) is 0.133. The Labute approximate surface area is 128 Å². The number of benzene rings is 2. The van der Waals surface area contributed by atoms with Crippen molar-refractivity contribution in [1.82, 2.24) is 0 Å². The second-order valence-corrected chi connectivity index (χ2v) is 5.29. The van der Waals surface area contributed by atoms with E-state index in [0.717, 1.165) is 16.8 Å². The molecule has 0 aliphatic rings. The van der Waals surface area contributed by atoms with Gasteiger partial charge in [0.1, 0.15) is 0 Å². The number of amides is 1. The molecular formula is C15H15BClNO3. The first-order valence-electron chi connectivity index (χ1n) is 6.42. The van der Waals surface area contributed by atoms with Crippen LogP contribution in [-0.4, -0.2) is 23.1 Å². The van der Waals surface area contributed by atoms with Crippen molar-refractivity contribution in [1.29, 1.82) is 0 Å². The van der Waals surface area contributed by atoms with Gasteiger partial charge in [-0.3, -0.25) is 4.79 Å². The van der Waals surface area contributed by atoms with E-state index in [-0.39, 0.29) is 16.4 Å². The van der Waals surface area contributed by atoms with Gasteiger partial charge in [0, 0.05) is 21.7 Å². The maximum atomic E-state index is 12.2. The smallest absolute Gasteiger partial charge is 0.423 e. The molecular weight excluding hydrogens is 288 g/mol. The van der Waals surface area contributed by atoms with Crippen molar-refractivity contribution in [2.75, 3.05) is 5.32 Å². The maximum absolute atomic E-state index is 12.2. The van der Waals surface area contributed by atoms with Crippen molar-refractivity contribution in [3.8, 4) is 0 Å². The van der Waals surface area contributed by atoms with E-state index in [2.05, 4.69) is 5.32 Å². The van der Waals surface area contributed by atoms with Crippen LogP contribution in [0, 0.1) is 13.8 Å². The molecule has 0 fully saturated rings. The average molecular weight is 304 g/mol. The minimum atomic E-state index is -1.66. The first-order valence-corrected chi connectivity index (χ1v) is 6.80. The van der Waals surface area contributed by atoms with Crippen molar-refractivity contribution >= 4 is 35.8 Å². The molecule has 2 aromatic carbocycles. The molecule has 0 aliphatic carbocycles. The highest BCUT2D eigenvalue weighted by Crippen LogP contribution is 2.18. The molecule has 0 heterocycles. The average Bonchev–Trinajstić information content (AvgIpc) is 2.42. The highest BCUT2D eigenvalue weighted by atomic mass is 35.5. The fourth-order valence-electron chi connectivity index (χ4n) is 1.94. The van der Waals surface area contributed by atoms with Crippen LogP contribution in [0.25, 0.3) is 0 Å². The molecule has 0 aliphatic heterocycles. The summed E-state index contributed by atoms with van der Waals surface area (Å²) >= 11 is 5.93. The van der Waals surface area contributed by atoms with Gasteiger partial charge >= 0.3 is 7.12 Å². The lowest BCUT2D eigenvalue weighted by Crippen LogP contribution is -2.31. The molecule has 0 aromatic heterocycles. The molecule has 0 atom stereocenters. The second kappa shape index (κ2) is 6.31. The Balaban J connectivity index is 2.24. The Bertz CT molecular complexity index is 689. The molecule has 0 radical (unpaired) electrons. The summed E-state index contributed by atoms with van der Waals surface area (Å²) in [5.41, 5.74) is 3.27. The monoisotopic (exact) mass is 303 g/mol. The normalized spacial score (nSPS) is 10.3. The quantitative estimate of drug-likeness (QED) is 0.758. The fourth-order valence-corrected chi connectivity index (χ4v) is 2.22. The van der Waals surface area contributed by atoms with Crippen molar-refractivity contribution in [2.24, 2.45) is 0 Å². The molecule has 1 amide bonds. The Morgan fingerprint density at radius 3 is 2.48 bits per heavy atom. The Morgan fingerprint density at radius 1 is 1.14 bits per heavy atom. The first kappa shape index (κ1) is 15.6. The number of hydrogen-bond donors (Lipinski definition) is 3. The van der Waals surface area contributed by atoms with Gasteiger partial charge in [-0.25, -0.2) is 0 Å². The van der Waals surface area contributed by atoms with Crippen LogP contribution in [0.1, 0.15) is 21.5 Å². The molecule has 4 nitrogen and oxygen atoms in total. The number of rotatable bonds is 3. The minimum absolute atomic E-state index is 0.138. The van der Waals surface area contributed by atoms with Crippen LogP contribution >= 0.6 is 11.6 Å². The van der Waals surface area contributed by atoms with E-state index in [1.807, 2.05) is 32.0 Å². The zero-order valence-corrected chi connectivity index (χ0v) is 12.5. The summed E-state index contributed by atoms with van der Waals surface area (Å²) < 4.78 is 0. The lowest BCUT2D eigenvalue weighted by molar-refractivity contribution is 0.102. The molecule has 0 unspecified atom stereocenters. The first-order chi connectivity index (χ1) is 9.88. The van der Waals surface area contributed by atoms with Crippen molar-refractivity contribution in [3.63, 3.8) is 0 Å². The summed E-state index contributed by atoms with van der Waals surface area (Å²) in [7, 11) is -1.66. The van der Waals surface area contributed by atoms with Gasteiger partial charge in [0.15, 0.2) is 0 Å². The third kappa shape index (κ3) is 3.64. The number of carbonyl (C=O) groups excluding carboxylic acids is 1. The highest BCUT2D eigenvalue weighted by Gasteiger charge is 2.17. The zero-order valence-electron chi connectivity index (χ0n) is 11.7. The van der Waals surface area contributed by atoms with E-state index < -0.39 is 7.12 Å². The number of halogens is 1. The molecule has 108 valence electrons. The van der Waals surface area contributed by atoms with Gasteiger partial charge in [0.05, 0.1) is 0 Å². The van der Waals surface area contributed by atoms with E-state index in [9.17, 15) is 4.79 Å². The van der Waals surface area contributed by atoms with E-state index in [4.69, 9.17) is 21.6 Å². The highest BCUT2D eigenvalue weighted by molar-refractivity contribution is 6.62. The van der Waals surface area contributed by atoms with E-state index in [1.54, 1.807) is 0 Å². The lowest BCUT2D eigenvalue weighted by atomic mass is 9.80. The van der Waals surface area contributed by atoms with Crippen LogP contribution in [0.15, 0.2) is 36.4 Å². The molecule has 0 bridgehead atoms. The number of carbonyl (C=O) groups is 1. The second-order valence-electron chi connectivity index (χ2n) is 4.88. The van der Waals surface area contributed by atoms with Gasteiger partial charge in [-0.05, 0) is 43.2 Å². The van der Waals surface area contributed by atoms with Crippen LogP contribution < -0.4 is 10.8 Å². The maximum Gasteiger partial charge on any atom is 0.489 e. The molecule has 6 heteroatoms. The SMILES string of the molecule is Cc1ccc(C)c(NC(=O)c2ccc(B(O)O)c(Cl)c2)c1. The summed E-state index contributed by atoms with van der Waals surface area (Å²) in [5.74, 6) is -0.301. The largest absolute Gasteiger partial charge is 0.489 e. The van der Waals surface area contributed by atoms with E-state index >= 15 is 0 Å². The minimum Gasteiger partial charge on any atom is -0.423 e. The topological polar surface area (TPSA) is 69.6 Å². The predicted octanol–water partition coefficient (Wildman–Crippen LogP) is 1.89. The standard InChI is InChI=1S/C15H15BClNO3/c1-9-3-4-10(2)14(7-9)18-15(19)11-5-6-12(16(20)21)13(17)8-11/h3-8,20-21H,1-2H3,(H,18,19). The van der Waals surface area contributed by atoms with Gasteiger partial charge in [-0.2, -0.15) is 0 Å². The Hall–Kier alpha value is -1.82. The molecule has 0 spiro atoms. The molecule has 3 N–H and O–H groups in total. The number of hydrogen-bond acceptors (Lipinski definition) is 3. The van der Waals surface area contributed by atoms with Crippen molar-refractivity contribution in [3.05, 3.63) is 58.1 Å². The van der Waals surface area contributed by atoms with Gasteiger partial charge in [-0.1, -0.05) is 29.8 Å². The zero-order chi connectivity index (χ0) is 15.6. The summed E-state index contributed by atoms with van der Waals surface area (Å²) in [6.45, 7) is 3.86. The molecule has 2 rings (SSSR count). The summed E-state index contributed by atoms with van der Waals surface area (Å²) in [6, 6.07) is 10.1. The van der Waals surface area contributed by atoms with Gasteiger partial charge in [0.25, 0.3) is 5.91 Å². The molecule has 0 saturated carbocycles. The van der Waals surface area contributed by atoms with E-state index in [0.29, 0.717) is 5.56 Å². The summed E-state index contributed by atoms with van der Waals surface area (Å²) in [5, 5.41) is 21.2. The van der Waals surface area contributed by atoms with Crippen LogP contribution in [0.2, 0.25) is 5.02 Å². The van der Waals surface area contributed by atoms with Gasteiger partial charge < -0.3 is 15.4 Å². The Kier molecular flexibility index (Phi) is 4.68. The summed E-state index contributed by atoms with van der Waals surface area (Å²) in [4.78, 5) is 12.2. The molecule has 2 aromatic rings. The third-order valence-corrected chi connectivity index (χ3v) is 3.51. The van der Waals surface area contributed by atoms with Crippen LogP contribution in [0.3, 0.4) is 0 Å². The lowest BCUT2D eigenvalue weighted by Gasteiger charge is -2.10. The number of aryl methyl sites for hydroxylation is 2. The third-order valence-electron chi connectivity index (χ3n) is 3.18. The van der Waals surface area contributed by atoms with Crippen molar-refractivity contribution < 1.29 is 14.8 Å². The van der Waals surface area contributed by atoms with Crippen molar-refractivity contribution in [2.45, 2.75) is 13.8 Å². The molecule has 21 heavy (non-hydrogen) atoms. The predicted molar refractivity (Wildman–Crippen MR) is 85.1 cm³/mol. The van der Waals surface area contributed by atoms with Gasteiger partial charge in [-0.15, -0.1) is 0 Å². The number of nitrogens with one attached hydrogen (secondary N) is 1. The van der Waals surface area contributed by atoms with Crippen LogP contribution in [0.5, 0.6) is 0 Å². The summed E-state index contributed by atoms with van der Waals surface area (Å²) in [6.07, 6.45) is 0.